The molecule has 172 valence electrons. The fourth-order valence-electron chi connectivity index (χ4n) is 3.24. The van der Waals surface area contributed by atoms with Gasteiger partial charge in [-0.15, -0.1) is 0 Å². The van der Waals surface area contributed by atoms with Gasteiger partial charge in [-0.2, -0.15) is 0 Å². The second-order valence-corrected chi connectivity index (χ2v) is 7.14. The van der Waals surface area contributed by atoms with Gasteiger partial charge in [-0.05, 0) is 23.8 Å². The van der Waals surface area contributed by atoms with Gasteiger partial charge in [0, 0.05) is 37.4 Å². The standard InChI is InChI=1S/C23H24N4O6/c1-13(28)26-19(23(30)32-4)9-15-5-7-16(8-6-15)27-22-17-10-21(33-14(2)29)20(31-3)11-18(17)24-12-25-22/h5-8,10-12,19H,9H2,1-4H3,(H,26,28)(H,24,25,27)/t19-/m0/s1. The van der Waals surface area contributed by atoms with Crippen molar-refractivity contribution in [3.63, 3.8) is 0 Å². The SMILES string of the molecule is COC(=O)[C@H](Cc1ccc(Nc2ncnc3cc(OC)c(OC(C)=O)cc23)cc1)NC(C)=O. The number of hydrogen-bond acceptors (Lipinski definition) is 9. The van der Waals surface area contributed by atoms with E-state index in [2.05, 4.69) is 20.6 Å². The van der Waals surface area contributed by atoms with Crippen LogP contribution in [0.5, 0.6) is 11.5 Å². The molecule has 0 aliphatic rings. The third-order valence-electron chi connectivity index (χ3n) is 4.69. The second-order valence-electron chi connectivity index (χ2n) is 7.14. The van der Waals surface area contributed by atoms with E-state index in [4.69, 9.17) is 14.2 Å². The average Bonchev–Trinajstić information content (AvgIpc) is 2.78. The molecule has 0 saturated heterocycles. The fraction of sp³-hybridized carbons (Fsp3) is 0.261. The van der Waals surface area contributed by atoms with Crippen molar-refractivity contribution >= 4 is 40.3 Å². The van der Waals surface area contributed by atoms with Crippen molar-refractivity contribution in [1.82, 2.24) is 15.3 Å². The van der Waals surface area contributed by atoms with Crippen molar-refractivity contribution < 1.29 is 28.6 Å². The number of nitrogens with one attached hydrogen (secondary N) is 2. The van der Waals surface area contributed by atoms with E-state index in [9.17, 15) is 14.4 Å². The molecule has 3 rings (SSSR count). The van der Waals surface area contributed by atoms with Crippen LogP contribution in [0.4, 0.5) is 11.5 Å². The number of aromatic nitrogens is 2. The molecule has 0 saturated carbocycles. The molecule has 2 N–H and O–H groups in total. The lowest BCUT2D eigenvalue weighted by atomic mass is 10.1. The first-order valence-corrected chi connectivity index (χ1v) is 10.0. The van der Waals surface area contributed by atoms with E-state index in [1.165, 1.54) is 34.4 Å². The molecular formula is C23H24N4O6. The third kappa shape index (κ3) is 5.94. The van der Waals surface area contributed by atoms with Crippen LogP contribution in [-0.2, 0) is 25.5 Å². The predicted octanol–water partition coefficient (Wildman–Crippen LogP) is 2.53. The maximum absolute atomic E-state index is 11.9. The van der Waals surface area contributed by atoms with E-state index in [1.54, 1.807) is 12.1 Å². The molecule has 0 spiro atoms. The summed E-state index contributed by atoms with van der Waals surface area (Å²) in [6.07, 6.45) is 1.70. The number of rotatable bonds is 8. The first kappa shape index (κ1) is 23.5. The molecule has 1 aromatic heterocycles. The summed E-state index contributed by atoms with van der Waals surface area (Å²) in [6.45, 7) is 2.65. The van der Waals surface area contributed by atoms with Crippen molar-refractivity contribution in [2.75, 3.05) is 19.5 Å². The Morgan fingerprint density at radius 3 is 2.33 bits per heavy atom. The Labute approximate surface area is 190 Å². The van der Waals surface area contributed by atoms with Crippen LogP contribution in [0.15, 0.2) is 42.7 Å². The Morgan fingerprint density at radius 2 is 1.73 bits per heavy atom. The largest absolute Gasteiger partial charge is 0.493 e. The molecule has 0 aliphatic heterocycles. The van der Waals surface area contributed by atoms with Gasteiger partial charge >= 0.3 is 11.9 Å². The Morgan fingerprint density at radius 1 is 1.00 bits per heavy atom. The van der Waals surface area contributed by atoms with E-state index in [1.807, 2.05) is 24.3 Å². The summed E-state index contributed by atoms with van der Waals surface area (Å²) < 4.78 is 15.3. The maximum Gasteiger partial charge on any atom is 0.328 e. The summed E-state index contributed by atoms with van der Waals surface area (Å²) in [5, 5.41) is 6.44. The highest BCUT2D eigenvalue weighted by Crippen LogP contribution is 2.34. The molecule has 0 unspecified atom stereocenters. The van der Waals surface area contributed by atoms with Gasteiger partial charge in [0.1, 0.15) is 18.2 Å². The number of fused-ring (bicyclic) bond motifs is 1. The summed E-state index contributed by atoms with van der Waals surface area (Å²) in [5.41, 5.74) is 2.17. The monoisotopic (exact) mass is 452 g/mol. The number of anilines is 2. The molecule has 0 fully saturated rings. The molecule has 1 atom stereocenters. The van der Waals surface area contributed by atoms with E-state index in [-0.39, 0.29) is 18.1 Å². The number of nitrogens with zero attached hydrogens (tertiary/aromatic N) is 2. The molecule has 0 radical (unpaired) electrons. The minimum atomic E-state index is -0.771. The van der Waals surface area contributed by atoms with E-state index < -0.39 is 18.0 Å². The topological polar surface area (TPSA) is 129 Å². The smallest absolute Gasteiger partial charge is 0.328 e. The average molecular weight is 452 g/mol. The van der Waals surface area contributed by atoms with Crippen LogP contribution in [0.3, 0.4) is 0 Å². The van der Waals surface area contributed by atoms with Gasteiger partial charge in [-0.3, -0.25) is 9.59 Å². The third-order valence-corrected chi connectivity index (χ3v) is 4.69. The summed E-state index contributed by atoms with van der Waals surface area (Å²) in [5.74, 6) is -0.153. The van der Waals surface area contributed by atoms with Crippen LogP contribution < -0.4 is 20.1 Å². The van der Waals surface area contributed by atoms with Crippen LogP contribution in [0.2, 0.25) is 0 Å². The lowest BCUT2D eigenvalue weighted by Gasteiger charge is -2.16. The van der Waals surface area contributed by atoms with Gasteiger partial charge in [-0.25, -0.2) is 14.8 Å². The zero-order chi connectivity index (χ0) is 24.0. The number of carbonyl (C=O) groups excluding carboxylic acids is 3. The zero-order valence-corrected chi connectivity index (χ0v) is 18.7. The minimum Gasteiger partial charge on any atom is -0.493 e. The van der Waals surface area contributed by atoms with Crippen LogP contribution in [-0.4, -0.2) is 48.1 Å². The van der Waals surface area contributed by atoms with Crippen molar-refractivity contribution in [3.8, 4) is 11.5 Å². The van der Waals surface area contributed by atoms with Crippen molar-refractivity contribution in [3.05, 3.63) is 48.3 Å². The fourth-order valence-corrected chi connectivity index (χ4v) is 3.24. The van der Waals surface area contributed by atoms with Crippen molar-refractivity contribution in [2.24, 2.45) is 0 Å². The molecule has 3 aromatic rings. The number of carbonyl (C=O) groups is 3. The second kappa shape index (κ2) is 10.4. The molecule has 0 aliphatic carbocycles. The Kier molecular flexibility index (Phi) is 7.39. The van der Waals surface area contributed by atoms with Gasteiger partial charge in [0.25, 0.3) is 0 Å². The Bertz CT molecular complexity index is 1180. The number of hydrogen-bond donors (Lipinski definition) is 2. The van der Waals surface area contributed by atoms with Crippen molar-refractivity contribution in [1.29, 1.82) is 0 Å². The molecular weight excluding hydrogens is 428 g/mol. The molecule has 10 heteroatoms. The Hall–Kier alpha value is -4.21. The van der Waals surface area contributed by atoms with Crippen LogP contribution in [0, 0.1) is 0 Å². The summed E-state index contributed by atoms with van der Waals surface area (Å²) in [6, 6.07) is 9.84. The summed E-state index contributed by atoms with van der Waals surface area (Å²) in [4.78, 5) is 43.3. The van der Waals surface area contributed by atoms with Crippen LogP contribution in [0.25, 0.3) is 10.9 Å². The number of methoxy groups -OCH3 is 2. The molecule has 1 heterocycles. The van der Waals surface area contributed by atoms with Crippen LogP contribution >= 0.6 is 0 Å². The predicted molar refractivity (Wildman–Crippen MR) is 120 cm³/mol. The van der Waals surface area contributed by atoms with Gasteiger partial charge in [0.05, 0.1) is 19.7 Å². The number of esters is 2. The first-order chi connectivity index (χ1) is 15.8. The highest BCUT2D eigenvalue weighted by molar-refractivity contribution is 5.93. The Balaban J connectivity index is 1.84. The number of benzene rings is 2. The lowest BCUT2D eigenvalue weighted by molar-refractivity contribution is -0.144. The van der Waals surface area contributed by atoms with Gasteiger partial charge in [0.2, 0.25) is 5.91 Å². The number of ether oxygens (including phenoxy) is 3. The molecule has 0 bridgehead atoms. The van der Waals surface area contributed by atoms with Gasteiger partial charge in [0.15, 0.2) is 11.5 Å². The molecule has 1 amide bonds. The molecule has 2 aromatic carbocycles. The normalized spacial score (nSPS) is 11.4. The van der Waals surface area contributed by atoms with E-state index in [0.717, 1.165) is 11.3 Å². The summed E-state index contributed by atoms with van der Waals surface area (Å²) >= 11 is 0. The zero-order valence-electron chi connectivity index (χ0n) is 18.7. The van der Waals surface area contributed by atoms with Gasteiger partial charge < -0.3 is 24.8 Å². The quantitative estimate of drug-likeness (QED) is 0.391. The maximum atomic E-state index is 11.9. The molecule has 33 heavy (non-hydrogen) atoms. The van der Waals surface area contributed by atoms with Gasteiger partial charge in [-0.1, -0.05) is 12.1 Å². The van der Waals surface area contributed by atoms with E-state index in [0.29, 0.717) is 22.5 Å². The lowest BCUT2D eigenvalue weighted by Crippen LogP contribution is -2.41. The minimum absolute atomic E-state index is 0.262. The first-order valence-electron chi connectivity index (χ1n) is 10.0. The molecule has 10 nitrogen and oxygen atoms in total. The number of amides is 1. The van der Waals surface area contributed by atoms with Crippen LogP contribution in [0.1, 0.15) is 19.4 Å². The highest BCUT2D eigenvalue weighted by atomic mass is 16.6. The van der Waals surface area contributed by atoms with Crippen molar-refractivity contribution in [2.45, 2.75) is 26.3 Å². The highest BCUT2D eigenvalue weighted by Gasteiger charge is 2.20. The summed E-state index contributed by atoms with van der Waals surface area (Å²) in [7, 11) is 2.76. The van der Waals surface area contributed by atoms with E-state index >= 15 is 0 Å².